The molecule has 0 amide bonds. The number of likely N-dealkylation sites (N-methyl/N-ethyl adjacent to an activating group) is 1. The Balaban J connectivity index is 3.30. The first-order chi connectivity index (χ1) is 6.85. The van der Waals surface area contributed by atoms with Gasteiger partial charge in [0.1, 0.15) is 0 Å². The number of hydrogen-bond donors (Lipinski definition) is 2. The van der Waals surface area contributed by atoms with Crippen LogP contribution in [0.15, 0.2) is 0 Å². The summed E-state index contributed by atoms with van der Waals surface area (Å²) >= 11 is 0. The van der Waals surface area contributed by atoms with Gasteiger partial charge in [-0.2, -0.15) is 0 Å². The number of nitrogens with one attached hydrogen (secondary N) is 2. The highest BCUT2D eigenvalue weighted by atomic mass is 14.9. The van der Waals surface area contributed by atoms with Gasteiger partial charge in [-0.25, -0.2) is 0 Å². The molecule has 0 aromatic heterocycles. The molecular weight excluding hydrogens is 172 g/mol. The van der Waals surface area contributed by atoms with Crippen LogP contribution in [0.5, 0.6) is 0 Å². The van der Waals surface area contributed by atoms with E-state index in [9.17, 15) is 0 Å². The SMILES string of the molecule is CCCC(CCC)CNCCNCC. The van der Waals surface area contributed by atoms with Gasteiger partial charge in [-0.15, -0.1) is 0 Å². The standard InChI is InChI=1S/C12H28N2/c1-4-7-12(8-5-2)11-14-10-9-13-6-3/h12-14H,4-11H2,1-3H3. The lowest BCUT2D eigenvalue weighted by molar-refractivity contribution is 0.409. The summed E-state index contributed by atoms with van der Waals surface area (Å²) in [5, 5.41) is 6.85. The van der Waals surface area contributed by atoms with Crippen molar-refractivity contribution < 1.29 is 0 Å². The van der Waals surface area contributed by atoms with Crippen molar-refractivity contribution in [1.82, 2.24) is 10.6 Å². The van der Waals surface area contributed by atoms with Gasteiger partial charge < -0.3 is 10.6 Å². The Morgan fingerprint density at radius 2 is 1.43 bits per heavy atom. The van der Waals surface area contributed by atoms with Crippen LogP contribution in [0.25, 0.3) is 0 Å². The van der Waals surface area contributed by atoms with Crippen molar-refractivity contribution in [2.75, 3.05) is 26.2 Å². The van der Waals surface area contributed by atoms with Crippen molar-refractivity contribution in [3.8, 4) is 0 Å². The van der Waals surface area contributed by atoms with Crippen molar-refractivity contribution in [2.24, 2.45) is 5.92 Å². The van der Waals surface area contributed by atoms with Crippen molar-refractivity contribution in [3.05, 3.63) is 0 Å². The third-order valence-corrected chi connectivity index (χ3v) is 2.56. The van der Waals surface area contributed by atoms with Crippen molar-refractivity contribution in [3.63, 3.8) is 0 Å². The summed E-state index contributed by atoms with van der Waals surface area (Å²) in [4.78, 5) is 0. The smallest absolute Gasteiger partial charge is 0.00768 e. The zero-order valence-electron chi connectivity index (χ0n) is 10.2. The molecule has 2 N–H and O–H groups in total. The Bertz CT molecular complexity index is 98.5. The second kappa shape index (κ2) is 11.0. The molecule has 0 aromatic rings. The largest absolute Gasteiger partial charge is 0.316 e. The third kappa shape index (κ3) is 8.52. The maximum atomic E-state index is 3.53. The molecule has 14 heavy (non-hydrogen) atoms. The van der Waals surface area contributed by atoms with Gasteiger partial charge in [0.15, 0.2) is 0 Å². The lowest BCUT2D eigenvalue weighted by atomic mass is 9.98. The minimum Gasteiger partial charge on any atom is -0.316 e. The van der Waals surface area contributed by atoms with Crippen LogP contribution in [0.2, 0.25) is 0 Å². The fourth-order valence-corrected chi connectivity index (χ4v) is 1.82. The molecule has 0 atom stereocenters. The van der Waals surface area contributed by atoms with Crippen LogP contribution >= 0.6 is 0 Å². The molecule has 2 heteroatoms. The number of rotatable bonds is 10. The topological polar surface area (TPSA) is 24.1 Å². The summed E-state index contributed by atoms with van der Waals surface area (Å²) in [7, 11) is 0. The molecule has 0 heterocycles. The first-order valence-corrected chi connectivity index (χ1v) is 6.26. The van der Waals surface area contributed by atoms with Crippen molar-refractivity contribution in [1.29, 1.82) is 0 Å². The van der Waals surface area contributed by atoms with Crippen molar-refractivity contribution >= 4 is 0 Å². The van der Waals surface area contributed by atoms with Gasteiger partial charge in [-0.3, -0.25) is 0 Å². The molecule has 0 saturated carbocycles. The summed E-state index contributed by atoms with van der Waals surface area (Å²) in [5.41, 5.74) is 0. The normalized spacial score (nSPS) is 11.1. The van der Waals surface area contributed by atoms with E-state index in [2.05, 4.69) is 31.4 Å². The summed E-state index contributed by atoms with van der Waals surface area (Å²) < 4.78 is 0. The lowest BCUT2D eigenvalue weighted by Crippen LogP contribution is -2.30. The van der Waals surface area contributed by atoms with Crippen LogP contribution in [0.1, 0.15) is 46.5 Å². The molecule has 0 aromatic carbocycles. The van der Waals surface area contributed by atoms with E-state index in [1.165, 1.54) is 32.2 Å². The lowest BCUT2D eigenvalue weighted by Gasteiger charge is -2.15. The van der Waals surface area contributed by atoms with E-state index in [4.69, 9.17) is 0 Å². The summed E-state index contributed by atoms with van der Waals surface area (Å²) in [5.74, 6) is 0.895. The minimum absolute atomic E-state index is 0.895. The average molecular weight is 200 g/mol. The Morgan fingerprint density at radius 3 is 1.93 bits per heavy atom. The Hall–Kier alpha value is -0.0800. The molecule has 0 spiro atoms. The molecular formula is C12H28N2. The number of hydrogen-bond acceptors (Lipinski definition) is 2. The zero-order valence-corrected chi connectivity index (χ0v) is 10.2. The van der Waals surface area contributed by atoms with E-state index in [1.807, 2.05) is 0 Å². The molecule has 0 fully saturated rings. The van der Waals surface area contributed by atoms with Crippen LogP contribution in [0.4, 0.5) is 0 Å². The molecule has 0 saturated heterocycles. The summed E-state index contributed by atoms with van der Waals surface area (Å²) in [6, 6.07) is 0. The molecule has 0 unspecified atom stereocenters. The molecule has 0 aliphatic carbocycles. The third-order valence-electron chi connectivity index (χ3n) is 2.56. The molecule has 0 aliphatic rings. The van der Waals surface area contributed by atoms with E-state index >= 15 is 0 Å². The predicted molar refractivity (Wildman–Crippen MR) is 64.7 cm³/mol. The summed E-state index contributed by atoms with van der Waals surface area (Å²) in [6.45, 7) is 11.2. The Kier molecular flexibility index (Phi) is 10.9. The highest BCUT2D eigenvalue weighted by Crippen LogP contribution is 2.11. The van der Waals surface area contributed by atoms with E-state index in [1.54, 1.807) is 0 Å². The molecule has 86 valence electrons. The van der Waals surface area contributed by atoms with Crippen molar-refractivity contribution in [2.45, 2.75) is 46.5 Å². The van der Waals surface area contributed by atoms with Gasteiger partial charge in [-0.1, -0.05) is 33.6 Å². The predicted octanol–water partition coefficient (Wildman–Crippen LogP) is 2.40. The van der Waals surface area contributed by atoms with Crippen LogP contribution in [0.3, 0.4) is 0 Å². The molecule has 2 nitrogen and oxygen atoms in total. The first-order valence-electron chi connectivity index (χ1n) is 6.26. The van der Waals surface area contributed by atoms with Gasteiger partial charge in [0.2, 0.25) is 0 Å². The fraction of sp³-hybridized carbons (Fsp3) is 1.00. The van der Waals surface area contributed by atoms with Gasteiger partial charge >= 0.3 is 0 Å². The molecule has 0 radical (unpaired) electrons. The zero-order chi connectivity index (χ0) is 10.6. The quantitative estimate of drug-likeness (QED) is 0.529. The maximum absolute atomic E-state index is 3.53. The molecule has 0 aliphatic heterocycles. The fourth-order valence-electron chi connectivity index (χ4n) is 1.82. The molecule has 0 bridgehead atoms. The van der Waals surface area contributed by atoms with Gasteiger partial charge in [0.25, 0.3) is 0 Å². The second-order valence-corrected chi connectivity index (χ2v) is 4.00. The average Bonchev–Trinajstić information content (AvgIpc) is 2.18. The highest BCUT2D eigenvalue weighted by Gasteiger charge is 2.04. The first kappa shape index (κ1) is 13.9. The van der Waals surface area contributed by atoms with E-state index < -0.39 is 0 Å². The maximum Gasteiger partial charge on any atom is 0.00768 e. The Labute approximate surface area is 89.9 Å². The van der Waals surface area contributed by atoms with Crippen LogP contribution in [-0.4, -0.2) is 26.2 Å². The van der Waals surface area contributed by atoms with E-state index in [0.29, 0.717) is 0 Å². The molecule has 0 rings (SSSR count). The monoisotopic (exact) mass is 200 g/mol. The van der Waals surface area contributed by atoms with Gasteiger partial charge in [0.05, 0.1) is 0 Å². The van der Waals surface area contributed by atoms with Gasteiger partial charge in [-0.05, 0) is 31.8 Å². The van der Waals surface area contributed by atoms with Crippen LogP contribution in [0, 0.1) is 5.92 Å². The Morgan fingerprint density at radius 1 is 0.857 bits per heavy atom. The van der Waals surface area contributed by atoms with Crippen LogP contribution in [-0.2, 0) is 0 Å². The van der Waals surface area contributed by atoms with Gasteiger partial charge in [0, 0.05) is 13.1 Å². The van der Waals surface area contributed by atoms with E-state index in [0.717, 1.165) is 25.6 Å². The minimum atomic E-state index is 0.895. The second-order valence-electron chi connectivity index (χ2n) is 4.00. The highest BCUT2D eigenvalue weighted by molar-refractivity contribution is 4.62. The van der Waals surface area contributed by atoms with Crippen LogP contribution < -0.4 is 10.6 Å². The summed E-state index contributed by atoms with van der Waals surface area (Å²) in [6.07, 6.45) is 5.39. The van der Waals surface area contributed by atoms with E-state index in [-0.39, 0.29) is 0 Å².